The van der Waals surface area contributed by atoms with Gasteiger partial charge in [0.25, 0.3) is 5.91 Å². The van der Waals surface area contributed by atoms with Crippen molar-refractivity contribution in [2.75, 3.05) is 19.0 Å². The Morgan fingerprint density at radius 1 is 1.14 bits per heavy atom. The number of hydrogen-bond acceptors (Lipinski definition) is 5. The van der Waals surface area contributed by atoms with Crippen molar-refractivity contribution in [3.63, 3.8) is 0 Å². The maximum atomic E-state index is 13.3. The zero-order chi connectivity index (χ0) is 25.7. The minimum atomic E-state index is -0.355. The third-order valence-electron chi connectivity index (χ3n) is 6.62. The predicted molar refractivity (Wildman–Crippen MR) is 137 cm³/mol. The summed E-state index contributed by atoms with van der Waals surface area (Å²) in [5.41, 5.74) is 1.83. The molecule has 9 heteroatoms. The summed E-state index contributed by atoms with van der Waals surface area (Å²) >= 11 is 6.17. The maximum absolute atomic E-state index is 13.3. The third-order valence-corrected chi connectivity index (χ3v) is 6.99. The van der Waals surface area contributed by atoms with Gasteiger partial charge in [0, 0.05) is 30.7 Å². The number of halogens is 1. The SMILES string of the molecule is CCCC(=O)Nc1ccc2c(c1)C(=O)N(C)[C@H]1CC[C@@H](CC(=O)NCc3ccccc3Cl)O[C@H]1CO2. The summed E-state index contributed by atoms with van der Waals surface area (Å²) < 4.78 is 12.2. The van der Waals surface area contributed by atoms with Crippen molar-refractivity contribution in [3.05, 3.63) is 58.6 Å². The van der Waals surface area contributed by atoms with E-state index in [1.54, 1.807) is 36.2 Å². The topological polar surface area (TPSA) is 97.0 Å². The first kappa shape index (κ1) is 26.0. The van der Waals surface area contributed by atoms with Gasteiger partial charge in [-0.1, -0.05) is 36.7 Å². The van der Waals surface area contributed by atoms with Gasteiger partial charge in [-0.05, 0) is 49.1 Å². The number of anilines is 1. The summed E-state index contributed by atoms with van der Waals surface area (Å²) in [6.07, 6.45) is 2.11. The standard InChI is InChI=1S/C27H32ClN3O5/c1-3-6-25(32)30-18-9-12-23-20(13-18)27(34)31(2)22-11-10-19(36-24(22)16-35-23)14-26(33)29-15-17-7-4-5-8-21(17)28/h4-5,7-9,12-13,19,22,24H,3,6,10-11,14-16H2,1-2H3,(H,29,33)(H,30,32)/t19-,22-,24-/m0/s1. The van der Waals surface area contributed by atoms with Gasteiger partial charge in [-0.25, -0.2) is 0 Å². The van der Waals surface area contributed by atoms with Crippen molar-refractivity contribution in [1.82, 2.24) is 10.2 Å². The molecule has 0 unspecified atom stereocenters. The molecule has 0 bridgehead atoms. The summed E-state index contributed by atoms with van der Waals surface area (Å²) in [5, 5.41) is 6.36. The van der Waals surface area contributed by atoms with E-state index in [1.165, 1.54) is 0 Å². The Balaban J connectivity index is 1.38. The monoisotopic (exact) mass is 513 g/mol. The van der Waals surface area contributed by atoms with Crippen LogP contribution in [-0.2, 0) is 20.9 Å². The Bertz CT molecular complexity index is 1120. The number of likely N-dealkylation sites (N-methyl/N-ethyl adjacent to an activating group) is 1. The first-order valence-electron chi connectivity index (χ1n) is 12.3. The van der Waals surface area contributed by atoms with E-state index >= 15 is 0 Å². The van der Waals surface area contributed by atoms with Crippen molar-refractivity contribution >= 4 is 35.0 Å². The van der Waals surface area contributed by atoms with E-state index in [-0.39, 0.29) is 49.0 Å². The van der Waals surface area contributed by atoms with Gasteiger partial charge in [0.2, 0.25) is 11.8 Å². The van der Waals surface area contributed by atoms with Crippen LogP contribution in [0.5, 0.6) is 5.75 Å². The highest BCUT2D eigenvalue weighted by molar-refractivity contribution is 6.31. The molecule has 0 saturated carbocycles. The largest absolute Gasteiger partial charge is 0.490 e. The lowest BCUT2D eigenvalue weighted by atomic mass is 9.94. The average molecular weight is 514 g/mol. The lowest BCUT2D eigenvalue weighted by Gasteiger charge is -2.42. The maximum Gasteiger partial charge on any atom is 0.257 e. The first-order chi connectivity index (χ1) is 17.4. The summed E-state index contributed by atoms with van der Waals surface area (Å²) in [4.78, 5) is 39.5. The molecule has 1 fully saturated rings. The second-order valence-electron chi connectivity index (χ2n) is 9.25. The molecule has 2 N–H and O–H groups in total. The Hall–Kier alpha value is -3.10. The molecule has 3 atom stereocenters. The van der Waals surface area contributed by atoms with Crippen LogP contribution in [0.3, 0.4) is 0 Å². The molecule has 192 valence electrons. The lowest BCUT2D eigenvalue weighted by molar-refractivity contribution is -0.134. The molecule has 2 aliphatic heterocycles. The second-order valence-corrected chi connectivity index (χ2v) is 9.66. The number of carbonyl (C=O) groups excluding carboxylic acids is 3. The molecular weight excluding hydrogens is 482 g/mol. The highest BCUT2D eigenvalue weighted by Crippen LogP contribution is 2.32. The lowest BCUT2D eigenvalue weighted by Crippen LogP contribution is -2.53. The van der Waals surface area contributed by atoms with E-state index in [9.17, 15) is 14.4 Å². The van der Waals surface area contributed by atoms with Crippen LogP contribution >= 0.6 is 11.6 Å². The van der Waals surface area contributed by atoms with Crippen molar-refractivity contribution < 1.29 is 23.9 Å². The fourth-order valence-corrected chi connectivity index (χ4v) is 4.87. The number of carbonyl (C=O) groups is 3. The van der Waals surface area contributed by atoms with Gasteiger partial charge in [-0.2, -0.15) is 0 Å². The van der Waals surface area contributed by atoms with E-state index in [0.717, 1.165) is 12.0 Å². The Morgan fingerprint density at radius 2 is 1.94 bits per heavy atom. The van der Waals surface area contributed by atoms with Gasteiger partial charge < -0.3 is 25.0 Å². The number of benzene rings is 2. The van der Waals surface area contributed by atoms with Gasteiger partial charge in [-0.15, -0.1) is 0 Å². The summed E-state index contributed by atoms with van der Waals surface area (Å²) in [7, 11) is 1.76. The Kier molecular flexibility index (Phi) is 8.48. The van der Waals surface area contributed by atoms with Crippen molar-refractivity contribution in [2.45, 2.75) is 63.8 Å². The highest BCUT2D eigenvalue weighted by Gasteiger charge is 2.39. The first-order valence-corrected chi connectivity index (χ1v) is 12.7. The van der Waals surface area contributed by atoms with E-state index < -0.39 is 0 Å². The van der Waals surface area contributed by atoms with Crippen LogP contribution in [0.4, 0.5) is 5.69 Å². The molecule has 2 aliphatic rings. The van der Waals surface area contributed by atoms with Crippen LogP contribution in [0.15, 0.2) is 42.5 Å². The molecule has 2 heterocycles. The molecule has 0 aliphatic carbocycles. The van der Waals surface area contributed by atoms with Gasteiger partial charge in [0.1, 0.15) is 18.5 Å². The highest BCUT2D eigenvalue weighted by atomic mass is 35.5. The Labute approximate surface area is 216 Å². The molecule has 0 spiro atoms. The van der Waals surface area contributed by atoms with Gasteiger partial charge in [-0.3, -0.25) is 14.4 Å². The van der Waals surface area contributed by atoms with Gasteiger partial charge in [0.05, 0.1) is 24.1 Å². The molecule has 8 nitrogen and oxygen atoms in total. The normalized spacial score (nSPS) is 21.4. The number of nitrogens with one attached hydrogen (secondary N) is 2. The number of nitrogens with zero attached hydrogens (tertiary/aromatic N) is 1. The smallest absolute Gasteiger partial charge is 0.257 e. The minimum Gasteiger partial charge on any atom is -0.490 e. The fraction of sp³-hybridized carbons (Fsp3) is 0.444. The van der Waals surface area contributed by atoms with Crippen LogP contribution < -0.4 is 15.4 Å². The molecule has 2 aromatic carbocycles. The molecule has 4 rings (SSSR count). The Morgan fingerprint density at radius 3 is 2.72 bits per heavy atom. The van der Waals surface area contributed by atoms with E-state index in [0.29, 0.717) is 47.8 Å². The van der Waals surface area contributed by atoms with Gasteiger partial charge >= 0.3 is 0 Å². The van der Waals surface area contributed by atoms with E-state index in [2.05, 4.69) is 10.6 Å². The van der Waals surface area contributed by atoms with Crippen LogP contribution in [0.25, 0.3) is 0 Å². The predicted octanol–water partition coefficient (Wildman–Crippen LogP) is 4.17. The fourth-order valence-electron chi connectivity index (χ4n) is 4.67. The zero-order valence-corrected chi connectivity index (χ0v) is 21.3. The van der Waals surface area contributed by atoms with Crippen LogP contribution in [0, 0.1) is 0 Å². The molecule has 0 aromatic heterocycles. The molecule has 0 radical (unpaired) electrons. The second kappa shape index (κ2) is 11.8. The van der Waals surface area contributed by atoms with E-state index in [1.807, 2.05) is 25.1 Å². The third kappa shape index (κ3) is 6.17. The van der Waals surface area contributed by atoms with E-state index in [4.69, 9.17) is 21.1 Å². The molecular formula is C27H32ClN3O5. The van der Waals surface area contributed by atoms with Crippen molar-refractivity contribution in [3.8, 4) is 5.75 Å². The van der Waals surface area contributed by atoms with Crippen molar-refractivity contribution in [1.29, 1.82) is 0 Å². The van der Waals surface area contributed by atoms with Crippen LogP contribution in [-0.4, -0.2) is 54.5 Å². The average Bonchev–Trinajstić information content (AvgIpc) is 2.86. The number of rotatable bonds is 7. The number of amides is 3. The zero-order valence-electron chi connectivity index (χ0n) is 20.6. The van der Waals surface area contributed by atoms with Gasteiger partial charge in [0.15, 0.2) is 0 Å². The number of fused-ring (bicyclic) bond motifs is 2. The minimum absolute atomic E-state index is 0.0901. The quantitative estimate of drug-likeness (QED) is 0.579. The van der Waals surface area contributed by atoms with Crippen molar-refractivity contribution in [2.24, 2.45) is 0 Å². The molecule has 36 heavy (non-hydrogen) atoms. The summed E-state index contributed by atoms with van der Waals surface area (Å²) in [6.45, 7) is 2.55. The number of hydrogen-bond donors (Lipinski definition) is 2. The number of ether oxygens (including phenoxy) is 2. The molecule has 3 amide bonds. The van der Waals surface area contributed by atoms with Crippen LogP contribution in [0.2, 0.25) is 5.02 Å². The molecule has 1 saturated heterocycles. The summed E-state index contributed by atoms with van der Waals surface area (Å²) in [6, 6.07) is 12.3. The van der Waals surface area contributed by atoms with Crippen LogP contribution in [0.1, 0.15) is 54.9 Å². The molecule has 2 aromatic rings. The summed E-state index contributed by atoms with van der Waals surface area (Å²) in [5.74, 6) is 0.0538.